The summed E-state index contributed by atoms with van der Waals surface area (Å²) in [5, 5.41) is 4.45. The monoisotopic (exact) mass is 208 g/mol. The average molecular weight is 208 g/mol. The van der Waals surface area contributed by atoms with Gasteiger partial charge >= 0.3 is 0 Å². The van der Waals surface area contributed by atoms with Gasteiger partial charge in [-0.15, -0.1) is 0 Å². The number of likely N-dealkylation sites (tertiary alicyclic amines) is 1. The maximum atomic E-state index is 5.92. The van der Waals surface area contributed by atoms with Crippen LogP contribution in [-0.4, -0.2) is 33.8 Å². The minimum atomic E-state index is 0.459. The van der Waals surface area contributed by atoms with Crippen LogP contribution in [-0.2, 0) is 0 Å². The van der Waals surface area contributed by atoms with Gasteiger partial charge in [-0.05, 0) is 27.2 Å². The van der Waals surface area contributed by atoms with Gasteiger partial charge in [-0.3, -0.25) is 4.90 Å². The predicted molar refractivity (Wildman–Crippen MR) is 61.7 cm³/mol. The first kappa shape index (κ1) is 10.5. The van der Waals surface area contributed by atoms with Crippen LogP contribution in [0.4, 0.5) is 5.82 Å². The molecule has 2 heterocycles. The second kappa shape index (κ2) is 3.85. The lowest BCUT2D eigenvalue weighted by atomic mass is 10.3. The molecule has 15 heavy (non-hydrogen) atoms. The Bertz CT molecular complexity index is 342. The normalized spacial score (nSPS) is 22.8. The number of nitrogens with zero attached hydrogens (tertiary/aromatic N) is 3. The second-order valence-corrected chi connectivity index (χ2v) is 4.69. The molecule has 1 aliphatic heterocycles. The van der Waals surface area contributed by atoms with E-state index in [2.05, 4.69) is 23.8 Å². The van der Waals surface area contributed by atoms with E-state index in [0.717, 1.165) is 31.0 Å². The lowest BCUT2D eigenvalue weighted by Crippen LogP contribution is -2.29. The van der Waals surface area contributed by atoms with Crippen LogP contribution in [0.3, 0.4) is 0 Å². The predicted octanol–water partition coefficient (Wildman–Crippen LogP) is 1.43. The van der Waals surface area contributed by atoms with Crippen LogP contribution in [0.2, 0.25) is 0 Å². The molecule has 1 fully saturated rings. The van der Waals surface area contributed by atoms with Crippen LogP contribution in [0.1, 0.15) is 32.0 Å². The van der Waals surface area contributed by atoms with E-state index in [0.29, 0.717) is 12.1 Å². The van der Waals surface area contributed by atoms with E-state index < -0.39 is 0 Å². The van der Waals surface area contributed by atoms with Crippen molar-refractivity contribution in [3.05, 3.63) is 11.8 Å². The molecule has 0 aromatic carbocycles. The van der Waals surface area contributed by atoms with Crippen molar-refractivity contribution >= 4 is 5.82 Å². The van der Waals surface area contributed by atoms with Gasteiger partial charge in [0.1, 0.15) is 5.82 Å². The van der Waals surface area contributed by atoms with E-state index >= 15 is 0 Å². The molecule has 1 aromatic rings. The quantitative estimate of drug-likeness (QED) is 0.799. The minimum Gasteiger partial charge on any atom is -0.384 e. The molecular formula is C11H20N4. The molecule has 84 valence electrons. The van der Waals surface area contributed by atoms with Crippen LogP contribution in [0, 0.1) is 6.92 Å². The molecule has 1 unspecified atom stereocenters. The van der Waals surface area contributed by atoms with Crippen LogP contribution in [0.15, 0.2) is 6.07 Å². The topological polar surface area (TPSA) is 47.1 Å². The van der Waals surface area contributed by atoms with E-state index in [-0.39, 0.29) is 0 Å². The molecule has 1 aliphatic rings. The molecule has 1 atom stereocenters. The van der Waals surface area contributed by atoms with Gasteiger partial charge in [0.05, 0.1) is 11.7 Å². The molecular weight excluding hydrogens is 188 g/mol. The third-order valence-electron chi connectivity index (χ3n) is 3.16. The zero-order valence-corrected chi connectivity index (χ0v) is 9.77. The first-order valence-electron chi connectivity index (χ1n) is 5.63. The Morgan fingerprint density at radius 1 is 1.53 bits per heavy atom. The number of nitrogen functional groups attached to an aromatic ring is 1. The summed E-state index contributed by atoms with van der Waals surface area (Å²) in [6.07, 6.45) is 1.16. The molecule has 0 spiro atoms. The minimum absolute atomic E-state index is 0.459. The zero-order chi connectivity index (χ0) is 11.0. The van der Waals surface area contributed by atoms with Gasteiger partial charge < -0.3 is 5.73 Å². The van der Waals surface area contributed by atoms with Crippen LogP contribution in [0.5, 0.6) is 0 Å². The van der Waals surface area contributed by atoms with Crippen molar-refractivity contribution in [1.29, 1.82) is 0 Å². The third-order valence-corrected chi connectivity index (χ3v) is 3.16. The highest BCUT2D eigenvalue weighted by Crippen LogP contribution is 2.25. The summed E-state index contributed by atoms with van der Waals surface area (Å²) in [5.74, 6) is 0.795. The van der Waals surface area contributed by atoms with Crippen LogP contribution < -0.4 is 5.73 Å². The molecule has 4 heteroatoms. The molecule has 2 N–H and O–H groups in total. The van der Waals surface area contributed by atoms with Gasteiger partial charge in [-0.1, -0.05) is 0 Å². The molecule has 0 amide bonds. The summed E-state index contributed by atoms with van der Waals surface area (Å²) in [5.41, 5.74) is 6.93. The van der Waals surface area contributed by atoms with Gasteiger partial charge in [0, 0.05) is 25.2 Å². The Balaban J connectivity index is 2.11. The first-order valence-corrected chi connectivity index (χ1v) is 5.63. The molecule has 0 aliphatic carbocycles. The third kappa shape index (κ3) is 2.00. The van der Waals surface area contributed by atoms with Crippen molar-refractivity contribution in [2.45, 2.75) is 39.3 Å². The number of rotatable bonds is 2. The Morgan fingerprint density at radius 2 is 2.27 bits per heavy atom. The van der Waals surface area contributed by atoms with Crippen LogP contribution >= 0.6 is 0 Å². The summed E-state index contributed by atoms with van der Waals surface area (Å²) in [6.45, 7) is 8.69. The van der Waals surface area contributed by atoms with Gasteiger partial charge in [0.2, 0.25) is 0 Å². The smallest absolute Gasteiger partial charge is 0.122 e. The number of aromatic nitrogens is 2. The zero-order valence-electron chi connectivity index (χ0n) is 9.77. The fourth-order valence-corrected chi connectivity index (χ4v) is 2.27. The maximum absolute atomic E-state index is 5.92. The van der Waals surface area contributed by atoms with Crippen LogP contribution in [0.25, 0.3) is 0 Å². The lowest BCUT2D eigenvalue weighted by molar-refractivity contribution is 0.263. The van der Waals surface area contributed by atoms with Gasteiger partial charge in [-0.2, -0.15) is 5.10 Å². The molecule has 0 saturated carbocycles. The maximum Gasteiger partial charge on any atom is 0.122 e. The van der Waals surface area contributed by atoms with Gasteiger partial charge in [0.15, 0.2) is 0 Å². The fourth-order valence-electron chi connectivity index (χ4n) is 2.27. The van der Waals surface area contributed by atoms with Crippen molar-refractivity contribution in [3.8, 4) is 0 Å². The molecule has 1 aromatic heterocycles. The molecule has 2 rings (SSSR count). The Labute approximate surface area is 91.1 Å². The highest BCUT2D eigenvalue weighted by atomic mass is 15.4. The number of nitrogens with two attached hydrogens (primary N) is 1. The molecule has 1 saturated heterocycles. The van der Waals surface area contributed by atoms with Crippen molar-refractivity contribution in [2.24, 2.45) is 0 Å². The lowest BCUT2D eigenvalue weighted by Gasteiger charge is -2.20. The highest BCUT2D eigenvalue weighted by Gasteiger charge is 2.26. The Hall–Kier alpha value is -1.03. The van der Waals surface area contributed by atoms with E-state index in [1.807, 2.05) is 17.7 Å². The van der Waals surface area contributed by atoms with Gasteiger partial charge in [0.25, 0.3) is 0 Å². The highest BCUT2D eigenvalue weighted by molar-refractivity contribution is 5.31. The summed E-state index contributed by atoms with van der Waals surface area (Å²) in [4.78, 5) is 2.47. The van der Waals surface area contributed by atoms with Crippen molar-refractivity contribution < 1.29 is 0 Å². The van der Waals surface area contributed by atoms with E-state index in [1.165, 1.54) is 0 Å². The Morgan fingerprint density at radius 3 is 2.73 bits per heavy atom. The second-order valence-electron chi connectivity index (χ2n) is 4.69. The average Bonchev–Trinajstić information content (AvgIpc) is 2.71. The standard InChI is InChI=1S/C11H20N4/c1-8(2)14-5-4-10(7-14)15-11(12)6-9(3)13-15/h6,8,10H,4-5,7,12H2,1-3H3. The summed E-state index contributed by atoms with van der Waals surface area (Å²) in [6, 6.07) is 3.02. The first-order chi connectivity index (χ1) is 7.08. The Kier molecular flexibility index (Phi) is 2.69. The van der Waals surface area contributed by atoms with Crippen molar-refractivity contribution in [1.82, 2.24) is 14.7 Å². The van der Waals surface area contributed by atoms with Gasteiger partial charge in [-0.25, -0.2) is 4.68 Å². The summed E-state index contributed by atoms with van der Waals surface area (Å²) in [7, 11) is 0. The van der Waals surface area contributed by atoms with E-state index in [1.54, 1.807) is 0 Å². The number of hydrogen-bond acceptors (Lipinski definition) is 3. The van der Waals surface area contributed by atoms with Crippen molar-refractivity contribution in [2.75, 3.05) is 18.8 Å². The fraction of sp³-hybridized carbons (Fsp3) is 0.727. The molecule has 0 bridgehead atoms. The summed E-state index contributed by atoms with van der Waals surface area (Å²) < 4.78 is 1.98. The molecule has 4 nitrogen and oxygen atoms in total. The SMILES string of the molecule is Cc1cc(N)n(C2CCN(C(C)C)C2)n1. The number of hydrogen-bond donors (Lipinski definition) is 1. The number of aryl methyl sites for hydroxylation is 1. The molecule has 0 radical (unpaired) electrons. The van der Waals surface area contributed by atoms with Crippen molar-refractivity contribution in [3.63, 3.8) is 0 Å². The summed E-state index contributed by atoms with van der Waals surface area (Å²) >= 11 is 0. The van der Waals surface area contributed by atoms with E-state index in [9.17, 15) is 0 Å². The largest absolute Gasteiger partial charge is 0.384 e. The number of anilines is 1. The van der Waals surface area contributed by atoms with E-state index in [4.69, 9.17) is 5.73 Å².